The predicted molar refractivity (Wildman–Crippen MR) is 121 cm³/mol. The van der Waals surface area contributed by atoms with Gasteiger partial charge in [-0.05, 0) is 51.1 Å². The number of nitrogens with two attached hydrogens (primary N) is 1. The molecule has 180 valence electrons. The number of benzene rings is 1. The predicted octanol–water partition coefficient (Wildman–Crippen LogP) is 3.34. The van der Waals surface area contributed by atoms with Gasteiger partial charge in [0.05, 0.1) is 23.5 Å². The zero-order valence-corrected chi connectivity index (χ0v) is 19.1. The number of piperazine rings is 1. The van der Waals surface area contributed by atoms with E-state index in [2.05, 4.69) is 27.3 Å². The first-order chi connectivity index (χ1) is 16.0. The van der Waals surface area contributed by atoms with Crippen LogP contribution in [-0.4, -0.2) is 62.5 Å². The molecule has 2 bridgehead atoms. The van der Waals surface area contributed by atoms with Crippen molar-refractivity contribution in [3.63, 3.8) is 0 Å². The summed E-state index contributed by atoms with van der Waals surface area (Å²) in [6.45, 7) is 5.06. The summed E-state index contributed by atoms with van der Waals surface area (Å²) >= 11 is 0. The van der Waals surface area contributed by atoms with Gasteiger partial charge in [0.1, 0.15) is 5.52 Å². The number of anilines is 2. The second-order valence-corrected chi connectivity index (χ2v) is 9.28. The Morgan fingerprint density at radius 1 is 1.21 bits per heavy atom. The number of nitrogens with one attached hydrogen (secondary N) is 1. The van der Waals surface area contributed by atoms with E-state index in [1.54, 1.807) is 30.6 Å². The Morgan fingerprint density at radius 2 is 1.97 bits per heavy atom. The van der Waals surface area contributed by atoms with Crippen molar-refractivity contribution in [1.29, 1.82) is 0 Å². The number of likely N-dealkylation sites (tertiary alicyclic amines) is 2. The fourth-order valence-electron chi connectivity index (χ4n) is 4.96. The van der Waals surface area contributed by atoms with Crippen LogP contribution >= 0.6 is 0 Å². The first kappa shape index (κ1) is 22.5. The first-order valence-electron chi connectivity index (χ1n) is 11.1. The molecule has 0 aliphatic carbocycles. The van der Waals surface area contributed by atoms with Crippen LogP contribution < -0.4 is 11.1 Å². The van der Waals surface area contributed by atoms with Crippen LogP contribution in [0.1, 0.15) is 46.7 Å². The minimum Gasteiger partial charge on any atom is -0.399 e. The van der Waals surface area contributed by atoms with Crippen LogP contribution in [0.5, 0.6) is 0 Å². The molecule has 4 heterocycles. The Kier molecular flexibility index (Phi) is 5.19. The maximum absolute atomic E-state index is 13.2. The zero-order valence-electron chi connectivity index (χ0n) is 19.1. The number of nitrogen functional groups attached to an aromatic ring is 1. The molecule has 2 fully saturated rings. The number of carbonyl (C=O) groups is 1. The summed E-state index contributed by atoms with van der Waals surface area (Å²) in [5, 5.41) is 7.66. The van der Waals surface area contributed by atoms with Crippen molar-refractivity contribution in [2.75, 3.05) is 31.2 Å². The molecule has 5 rings (SSSR count). The van der Waals surface area contributed by atoms with Crippen LogP contribution in [0.15, 0.2) is 30.5 Å². The summed E-state index contributed by atoms with van der Waals surface area (Å²) in [6.07, 6.45) is -1.81. The monoisotopic (exact) mass is 473 g/mol. The number of carbonyl (C=O) groups excluding carboxylic acids is 1. The summed E-state index contributed by atoms with van der Waals surface area (Å²) in [7, 11) is 2.07. The van der Waals surface area contributed by atoms with E-state index >= 15 is 0 Å². The van der Waals surface area contributed by atoms with E-state index in [0.29, 0.717) is 40.9 Å². The summed E-state index contributed by atoms with van der Waals surface area (Å²) in [5.74, 6) is 0.310. The molecule has 11 heteroatoms. The number of hydrogen-bond acceptors (Lipinski definition) is 6. The van der Waals surface area contributed by atoms with Gasteiger partial charge in [0.2, 0.25) is 0 Å². The third kappa shape index (κ3) is 3.93. The molecule has 3 N–H and O–H groups in total. The maximum atomic E-state index is 13.2. The Morgan fingerprint density at radius 3 is 2.62 bits per heavy atom. The van der Waals surface area contributed by atoms with E-state index < -0.39 is 17.8 Å². The van der Waals surface area contributed by atoms with E-state index in [0.717, 1.165) is 25.1 Å². The van der Waals surface area contributed by atoms with E-state index in [9.17, 15) is 18.0 Å². The summed E-state index contributed by atoms with van der Waals surface area (Å²) < 4.78 is 41.3. The number of aromatic nitrogens is 3. The van der Waals surface area contributed by atoms with Gasteiger partial charge in [0.15, 0.2) is 11.5 Å². The van der Waals surface area contributed by atoms with Crippen molar-refractivity contribution in [1.82, 2.24) is 24.4 Å². The molecule has 1 aromatic carbocycles. The minimum atomic E-state index is -4.50. The van der Waals surface area contributed by atoms with Crippen LogP contribution in [0.4, 0.5) is 24.7 Å². The van der Waals surface area contributed by atoms with Gasteiger partial charge in [-0.3, -0.25) is 9.69 Å². The van der Waals surface area contributed by atoms with Gasteiger partial charge in [-0.15, -0.1) is 0 Å². The van der Waals surface area contributed by atoms with Crippen molar-refractivity contribution < 1.29 is 18.0 Å². The molecule has 0 saturated carbocycles. The number of halogens is 3. The fourth-order valence-corrected chi connectivity index (χ4v) is 4.96. The first-order valence-corrected chi connectivity index (χ1v) is 11.1. The van der Waals surface area contributed by atoms with Crippen LogP contribution in [0.2, 0.25) is 0 Å². The van der Waals surface area contributed by atoms with Gasteiger partial charge in [0, 0.05) is 36.9 Å². The van der Waals surface area contributed by atoms with Crippen molar-refractivity contribution in [2.24, 2.45) is 0 Å². The highest BCUT2D eigenvalue weighted by atomic mass is 19.4. The third-order valence-electron chi connectivity index (χ3n) is 6.73. The lowest BCUT2D eigenvalue weighted by atomic mass is 10.0. The van der Waals surface area contributed by atoms with Crippen LogP contribution in [0.3, 0.4) is 0 Å². The third-order valence-corrected chi connectivity index (χ3v) is 6.73. The Labute approximate surface area is 194 Å². The average Bonchev–Trinajstić information content (AvgIpc) is 3.45. The SMILES string of the molecule is Cc1cn2nc(C(=O)N3CC4CC3CN4C)cc2c(N[C@H](C)c2cc(N)cc(C(F)(F)F)c2)n1. The molecular weight excluding hydrogens is 447 g/mol. The number of alkyl halides is 3. The molecule has 2 aromatic heterocycles. The Balaban J connectivity index is 1.44. The summed E-state index contributed by atoms with van der Waals surface area (Å²) in [4.78, 5) is 21.9. The van der Waals surface area contributed by atoms with Crippen molar-refractivity contribution in [3.8, 4) is 0 Å². The van der Waals surface area contributed by atoms with E-state index in [1.807, 2.05) is 4.90 Å². The molecule has 2 aliphatic rings. The molecular formula is C23H26F3N7O. The van der Waals surface area contributed by atoms with E-state index in [4.69, 9.17) is 5.73 Å². The molecule has 1 amide bonds. The molecule has 8 nitrogen and oxygen atoms in total. The number of fused-ring (bicyclic) bond motifs is 3. The van der Waals surface area contributed by atoms with Crippen molar-refractivity contribution >= 4 is 22.9 Å². The Hall–Kier alpha value is -3.34. The maximum Gasteiger partial charge on any atom is 0.416 e. The van der Waals surface area contributed by atoms with Gasteiger partial charge in [0.25, 0.3) is 5.91 Å². The highest BCUT2D eigenvalue weighted by molar-refractivity contribution is 5.95. The zero-order chi connectivity index (χ0) is 24.4. The van der Waals surface area contributed by atoms with Gasteiger partial charge in [-0.1, -0.05) is 0 Å². The quantitative estimate of drug-likeness (QED) is 0.565. The topological polar surface area (TPSA) is 91.8 Å². The lowest BCUT2D eigenvalue weighted by molar-refractivity contribution is -0.137. The summed E-state index contributed by atoms with van der Waals surface area (Å²) in [5.41, 5.74) is 6.87. The number of amides is 1. The van der Waals surface area contributed by atoms with Gasteiger partial charge in [-0.25, -0.2) is 9.50 Å². The summed E-state index contributed by atoms with van der Waals surface area (Å²) in [6, 6.07) is 5.22. The minimum absolute atomic E-state index is 0.0311. The lowest BCUT2D eigenvalue weighted by Crippen LogP contribution is -2.47. The molecule has 0 spiro atoms. The molecule has 3 aromatic rings. The second kappa shape index (κ2) is 7.86. The second-order valence-electron chi connectivity index (χ2n) is 9.28. The van der Waals surface area contributed by atoms with Crippen LogP contribution in [-0.2, 0) is 6.18 Å². The molecule has 3 atom stereocenters. The van der Waals surface area contributed by atoms with E-state index in [-0.39, 0.29) is 17.6 Å². The number of aryl methyl sites for hydroxylation is 1. The number of rotatable bonds is 4. The number of nitrogens with zero attached hydrogens (tertiary/aromatic N) is 5. The van der Waals surface area contributed by atoms with Crippen LogP contribution in [0, 0.1) is 6.92 Å². The van der Waals surface area contributed by atoms with Gasteiger partial charge < -0.3 is 16.0 Å². The molecule has 0 radical (unpaired) electrons. The molecule has 34 heavy (non-hydrogen) atoms. The largest absolute Gasteiger partial charge is 0.416 e. The van der Waals surface area contributed by atoms with Gasteiger partial charge in [-0.2, -0.15) is 18.3 Å². The fraction of sp³-hybridized carbons (Fsp3) is 0.435. The lowest BCUT2D eigenvalue weighted by Gasteiger charge is -2.31. The molecule has 2 aliphatic heterocycles. The van der Waals surface area contributed by atoms with E-state index in [1.165, 1.54) is 6.07 Å². The van der Waals surface area contributed by atoms with Gasteiger partial charge >= 0.3 is 6.18 Å². The highest BCUT2D eigenvalue weighted by Crippen LogP contribution is 2.34. The number of hydrogen-bond donors (Lipinski definition) is 2. The van der Waals surface area contributed by atoms with Crippen molar-refractivity contribution in [2.45, 2.75) is 44.6 Å². The highest BCUT2D eigenvalue weighted by Gasteiger charge is 2.44. The standard InChI is InChI=1S/C23H26F3N7O/c1-12-9-33-20(8-19(30-33)22(34)32-11-17-7-18(32)10-31(17)3)21(28-12)29-13(2)14-4-15(23(24,25)26)6-16(27)5-14/h4-6,8-9,13,17-18H,7,10-11,27H2,1-3H3,(H,28,29)/t13-,17?,18?/m1/s1. The van der Waals surface area contributed by atoms with Crippen LogP contribution in [0.25, 0.3) is 5.52 Å². The normalized spacial score (nSPS) is 21.4. The molecule has 2 unspecified atom stereocenters. The number of likely N-dealkylation sites (N-methyl/N-ethyl adjacent to an activating group) is 1. The molecule has 2 saturated heterocycles. The van der Waals surface area contributed by atoms with Crippen molar-refractivity contribution in [3.05, 3.63) is 53.0 Å². The smallest absolute Gasteiger partial charge is 0.399 e. The average molecular weight is 474 g/mol. The Bertz CT molecular complexity index is 1270.